The maximum absolute atomic E-state index is 11.2. The lowest BCUT2D eigenvalue weighted by atomic mass is 9.93. The molecular weight excluding hydrogens is 240 g/mol. The van der Waals surface area contributed by atoms with Crippen LogP contribution in [0.3, 0.4) is 0 Å². The molecule has 1 N–H and O–H groups in total. The summed E-state index contributed by atoms with van der Waals surface area (Å²) in [5.41, 5.74) is -1.46. The van der Waals surface area contributed by atoms with Crippen molar-refractivity contribution in [1.29, 1.82) is 0 Å². The third-order valence-corrected chi connectivity index (χ3v) is 2.96. The van der Waals surface area contributed by atoms with Gasteiger partial charge in [0.2, 0.25) is 5.60 Å². The Morgan fingerprint density at radius 3 is 2.67 bits per heavy atom. The molecule has 2 aliphatic heterocycles. The van der Waals surface area contributed by atoms with Crippen LogP contribution < -0.4 is 0 Å². The number of ether oxygens (including phenoxy) is 4. The molecule has 0 aliphatic carbocycles. The van der Waals surface area contributed by atoms with Gasteiger partial charge in [-0.3, -0.25) is 4.79 Å². The lowest BCUT2D eigenvalue weighted by Crippen LogP contribution is -2.52. The highest BCUT2D eigenvalue weighted by Gasteiger charge is 2.65. The van der Waals surface area contributed by atoms with Crippen molar-refractivity contribution in [3.05, 3.63) is 0 Å². The van der Waals surface area contributed by atoms with Crippen LogP contribution in [0, 0.1) is 12.3 Å². The Hall–Kier alpha value is -1.13. The fourth-order valence-electron chi connectivity index (χ4n) is 2.31. The van der Waals surface area contributed by atoms with E-state index in [4.69, 9.17) is 25.4 Å². The number of rotatable bonds is 2. The maximum atomic E-state index is 11.2. The van der Waals surface area contributed by atoms with E-state index in [0.717, 1.165) is 0 Å². The summed E-state index contributed by atoms with van der Waals surface area (Å²) in [6, 6.07) is 0. The zero-order valence-corrected chi connectivity index (χ0v) is 10.5. The topological polar surface area (TPSA) is 74.2 Å². The van der Waals surface area contributed by atoms with Gasteiger partial charge in [0.05, 0.1) is 6.61 Å². The van der Waals surface area contributed by atoms with Gasteiger partial charge in [-0.1, -0.05) is 5.92 Å². The average molecular weight is 256 g/mol. The Bertz CT molecular complexity index is 398. The van der Waals surface area contributed by atoms with Crippen LogP contribution in [0.15, 0.2) is 0 Å². The van der Waals surface area contributed by atoms with Crippen molar-refractivity contribution in [2.24, 2.45) is 0 Å². The molecule has 0 saturated carbocycles. The summed E-state index contributed by atoms with van der Waals surface area (Å²) in [6.45, 7) is 4.26. The number of aliphatic hydroxyl groups is 1. The van der Waals surface area contributed by atoms with Gasteiger partial charge in [0, 0.05) is 6.92 Å². The predicted octanol–water partition coefficient (Wildman–Crippen LogP) is -0.210. The van der Waals surface area contributed by atoms with Crippen LogP contribution in [-0.2, 0) is 23.7 Å². The fraction of sp³-hybridized carbons (Fsp3) is 0.750. The van der Waals surface area contributed by atoms with Gasteiger partial charge in [-0.2, -0.15) is 0 Å². The molecule has 0 radical (unpaired) electrons. The van der Waals surface area contributed by atoms with Crippen LogP contribution >= 0.6 is 0 Å². The second-order valence-electron chi connectivity index (χ2n) is 4.76. The monoisotopic (exact) mass is 256 g/mol. The van der Waals surface area contributed by atoms with Crippen molar-refractivity contribution in [3.63, 3.8) is 0 Å². The van der Waals surface area contributed by atoms with E-state index in [1.807, 2.05) is 0 Å². The van der Waals surface area contributed by atoms with Crippen LogP contribution in [0.2, 0.25) is 0 Å². The molecule has 0 aromatic rings. The van der Waals surface area contributed by atoms with Gasteiger partial charge < -0.3 is 24.1 Å². The molecule has 100 valence electrons. The summed E-state index contributed by atoms with van der Waals surface area (Å²) in [7, 11) is 0. The van der Waals surface area contributed by atoms with Gasteiger partial charge >= 0.3 is 5.97 Å². The molecule has 2 saturated heterocycles. The molecule has 4 unspecified atom stereocenters. The molecule has 2 fully saturated rings. The summed E-state index contributed by atoms with van der Waals surface area (Å²) >= 11 is 0. The molecule has 18 heavy (non-hydrogen) atoms. The molecule has 0 aromatic heterocycles. The van der Waals surface area contributed by atoms with E-state index in [9.17, 15) is 9.90 Å². The fourth-order valence-corrected chi connectivity index (χ4v) is 2.31. The van der Waals surface area contributed by atoms with E-state index < -0.39 is 42.5 Å². The number of terminal acetylenes is 1. The van der Waals surface area contributed by atoms with Crippen LogP contribution in [-0.4, -0.2) is 47.6 Å². The molecule has 6 heteroatoms. The lowest BCUT2D eigenvalue weighted by molar-refractivity contribution is -0.230. The van der Waals surface area contributed by atoms with Crippen LogP contribution in [0.5, 0.6) is 0 Å². The van der Waals surface area contributed by atoms with E-state index in [1.165, 1.54) is 6.92 Å². The average Bonchev–Trinajstić information content (AvgIpc) is 2.70. The van der Waals surface area contributed by atoms with Crippen molar-refractivity contribution in [2.75, 3.05) is 6.61 Å². The number of aliphatic hydroxyl groups excluding tert-OH is 1. The molecule has 2 rings (SSSR count). The van der Waals surface area contributed by atoms with Crippen LogP contribution in [0.1, 0.15) is 20.8 Å². The second-order valence-corrected chi connectivity index (χ2v) is 4.76. The number of esters is 1. The quantitative estimate of drug-likeness (QED) is 0.544. The van der Waals surface area contributed by atoms with E-state index in [0.29, 0.717) is 0 Å². The second kappa shape index (κ2) is 4.21. The van der Waals surface area contributed by atoms with Gasteiger partial charge in [-0.15, -0.1) is 6.42 Å². The van der Waals surface area contributed by atoms with Gasteiger partial charge in [-0.25, -0.2) is 0 Å². The van der Waals surface area contributed by atoms with Gasteiger partial charge in [0.25, 0.3) is 0 Å². The first-order valence-corrected chi connectivity index (χ1v) is 5.64. The van der Waals surface area contributed by atoms with Crippen molar-refractivity contribution in [1.82, 2.24) is 0 Å². The van der Waals surface area contributed by atoms with Gasteiger partial charge in [-0.05, 0) is 13.8 Å². The third kappa shape index (κ3) is 1.89. The summed E-state index contributed by atoms with van der Waals surface area (Å²) in [6.07, 6.45) is 3.10. The Morgan fingerprint density at radius 1 is 1.50 bits per heavy atom. The number of hydrogen-bond acceptors (Lipinski definition) is 6. The highest BCUT2D eigenvalue weighted by molar-refractivity contribution is 5.67. The third-order valence-electron chi connectivity index (χ3n) is 2.96. The summed E-state index contributed by atoms with van der Waals surface area (Å²) in [5, 5.41) is 9.31. The number of carbonyl (C=O) groups is 1. The standard InChI is InChI=1S/C12H16O6/c1-5-12(16-7(2)14)8(6-13)15-10-9(12)17-11(3,4)18-10/h1,8-10,13H,6H2,2-4H3. The zero-order valence-electron chi connectivity index (χ0n) is 10.5. The van der Waals surface area contributed by atoms with Crippen LogP contribution in [0.25, 0.3) is 0 Å². The Balaban J connectivity index is 2.34. The highest BCUT2D eigenvalue weighted by atomic mass is 16.8. The van der Waals surface area contributed by atoms with Crippen LogP contribution in [0.4, 0.5) is 0 Å². The predicted molar refractivity (Wildman–Crippen MR) is 59.1 cm³/mol. The number of fused-ring (bicyclic) bond motifs is 1. The first-order chi connectivity index (χ1) is 8.34. The van der Waals surface area contributed by atoms with E-state index in [1.54, 1.807) is 13.8 Å². The van der Waals surface area contributed by atoms with Crippen molar-refractivity contribution < 1.29 is 28.8 Å². The van der Waals surface area contributed by atoms with Crippen molar-refractivity contribution >= 4 is 5.97 Å². The normalized spacial score (nSPS) is 41.2. The molecular formula is C12H16O6. The van der Waals surface area contributed by atoms with E-state index >= 15 is 0 Å². The molecule has 0 spiro atoms. The minimum atomic E-state index is -1.46. The first-order valence-electron chi connectivity index (χ1n) is 5.64. The van der Waals surface area contributed by atoms with Crippen molar-refractivity contribution in [2.45, 2.75) is 50.7 Å². The first kappa shape index (κ1) is 13.3. The minimum absolute atomic E-state index is 0.391. The molecule has 0 bridgehead atoms. The smallest absolute Gasteiger partial charge is 0.304 e. The molecule has 2 heterocycles. The summed E-state index contributed by atoms with van der Waals surface area (Å²) in [5.74, 6) is 0.943. The minimum Gasteiger partial charge on any atom is -0.440 e. The maximum Gasteiger partial charge on any atom is 0.304 e. The molecule has 6 nitrogen and oxygen atoms in total. The molecule has 4 atom stereocenters. The van der Waals surface area contributed by atoms with Crippen molar-refractivity contribution in [3.8, 4) is 12.3 Å². The summed E-state index contributed by atoms with van der Waals surface area (Å²) < 4.78 is 21.8. The zero-order chi connectivity index (χ0) is 13.6. The summed E-state index contributed by atoms with van der Waals surface area (Å²) in [4.78, 5) is 11.2. The Morgan fingerprint density at radius 2 is 2.17 bits per heavy atom. The Kier molecular flexibility index (Phi) is 3.11. The number of hydrogen-bond donors (Lipinski definition) is 1. The van der Waals surface area contributed by atoms with Gasteiger partial charge in [0.15, 0.2) is 18.2 Å². The molecule has 2 aliphatic rings. The Labute approximate surface area is 105 Å². The van der Waals surface area contributed by atoms with E-state index in [2.05, 4.69) is 5.92 Å². The SMILES string of the molecule is C#CC1(OC(C)=O)C(CO)OC2OC(C)(C)OC21. The lowest BCUT2D eigenvalue weighted by Gasteiger charge is -2.32. The molecule has 0 amide bonds. The van der Waals surface area contributed by atoms with E-state index in [-0.39, 0.29) is 0 Å². The largest absolute Gasteiger partial charge is 0.440 e. The number of carbonyl (C=O) groups excluding carboxylic acids is 1. The van der Waals surface area contributed by atoms with Gasteiger partial charge in [0.1, 0.15) is 6.10 Å². The highest BCUT2D eigenvalue weighted by Crippen LogP contribution is 2.44. The molecule has 0 aromatic carbocycles.